The molecule has 1 aliphatic heterocycles. The van der Waals surface area contributed by atoms with Crippen LogP contribution in [0.4, 0.5) is 14.5 Å². The van der Waals surface area contributed by atoms with Crippen molar-refractivity contribution in [2.75, 3.05) is 5.32 Å². The molecule has 3 aromatic rings. The largest absolute Gasteiger partial charge is 0.486 e. The molecule has 1 aromatic heterocycles. The van der Waals surface area contributed by atoms with Crippen LogP contribution in [0.3, 0.4) is 0 Å². The predicted molar refractivity (Wildman–Crippen MR) is 122 cm³/mol. The first-order valence-electron chi connectivity index (χ1n) is 10.3. The van der Waals surface area contributed by atoms with Crippen LogP contribution in [0.25, 0.3) is 11.3 Å². The van der Waals surface area contributed by atoms with Crippen LogP contribution in [0.5, 0.6) is 5.75 Å². The minimum absolute atomic E-state index is 0.0194. The lowest BCUT2D eigenvalue weighted by atomic mass is 9.93. The lowest BCUT2D eigenvalue weighted by molar-refractivity contribution is 0.0659. The molecule has 6 nitrogen and oxygen atoms in total. The fourth-order valence-electron chi connectivity index (χ4n) is 4.11. The van der Waals surface area contributed by atoms with Crippen molar-refractivity contribution in [3.8, 4) is 17.0 Å². The van der Waals surface area contributed by atoms with Gasteiger partial charge in [-0.2, -0.15) is 0 Å². The molecule has 2 N–H and O–H groups in total. The van der Waals surface area contributed by atoms with Crippen LogP contribution in [-0.4, -0.2) is 26.2 Å². The summed E-state index contributed by atoms with van der Waals surface area (Å²) in [4.78, 5) is 17.5. The van der Waals surface area contributed by atoms with Crippen molar-refractivity contribution in [3.05, 3.63) is 64.1 Å². The molecule has 0 fully saturated rings. The van der Waals surface area contributed by atoms with Gasteiger partial charge in [0.05, 0.1) is 22.0 Å². The SMILES string of the molecule is Cn1cc(-c2c(F)cc(C(=O)Nc3c(F)cccc3Cl)c3c2CC(C)(C)O3)nc1C(C)(C)O. The summed E-state index contributed by atoms with van der Waals surface area (Å²) in [6, 6.07) is 5.07. The second-order valence-corrected chi connectivity index (χ2v) is 9.70. The van der Waals surface area contributed by atoms with Gasteiger partial charge in [0, 0.05) is 30.8 Å². The summed E-state index contributed by atoms with van der Waals surface area (Å²) in [6.07, 6.45) is 1.95. The van der Waals surface area contributed by atoms with Crippen LogP contribution in [0.2, 0.25) is 5.02 Å². The van der Waals surface area contributed by atoms with E-state index < -0.39 is 28.7 Å². The number of rotatable bonds is 4. The van der Waals surface area contributed by atoms with Gasteiger partial charge in [-0.15, -0.1) is 0 Å². The quantitative estimate of drug-likeness (QED) is 0.543. The number of aryl methyl sites for hydroxylation is 1. The van der Waals surface area contributed by atoms with Gasteiger partial charge < -0.3 is 19.7 Å². The summed E-state index contributed by atoms with van der Waals surface area (Å²) in [5, 5.41) is 12.8. The van der Waals surface area contributed by atoms with E-state index in [2.05, 4.69) is 10.3 Å². The van der Waals surface area contributed by atoms with Crippen molar-refractivity contribution in [1.82, 2.24) is 9.55 Å². The van der Waals surface area contributed by atoms with Gasteiger partial charge in [-0.05, 0) is 45.9 Å². The van der Waals surface area contributed by atoms with E-state index in [-0.39, 0.29) is 27.6 Å². The number of benzene rings is 2. The highest BCUT2D eigenvalue weighted by atomic mass is 35.5. The monoisotopic (exact) mass is 475 g/mol. The zero-order chi connectivity index (χ0) is 24.3. The first kappa shape index (κ1) is 23.2. The Labute approximate surface area is 195 Å². The summed E-state index contributed by atoms with van der Waals surface area (Å²) in [6.45, 7) is 6.83. The first-order chi connectivity index (χ1) is 15.3. The summed E-state index contributed by atoms with van der Waals surface area (Å²) in [5.41, 5.74) is -1.22. The molecule has 0 spiro atoms. The van der Waals surface area contributed by atoms with Gasteiger partial charge in [-0.25, -0.2) is 13.8 Å². The summed E-state index contributed by atoms with van der Waals surface area (Å²) < 4.78 is 37.3. The van der Waals surface area contributed by atoms with Gasteiger partial charge in [-0.1, -0.05) is 17.7 Å². The highest BCUT2D eigenvalue weighted by Gasteiger charge is 2.38. The molecule has 33 heavy (non-hydrogen) atoms. The maximum Gasteiger partial charge on any atom is 0.259 e. The molecule has 9 heteroatoms. The average Bonchev–Trinajstić information content (AvgIpc) is 3.22. The average molecular weight is 476 g/mol. The van der Waals surface area contributed by atoms with Gasteiger partial charge in [-0.3, -0.25) is 4.79 Å². The van der Waals surface area contributed by atoms with E-state index in [9.17, 15) is 14.3 Å². The number of carbonyl (C=O) groups is 1. The van der Waals surface area contributed by atoms with E-state index in [4.69, 9.17) is 16.3 Å². The summed E-state index contributed by atoms with van der Waals surface area (Å²) in [5.74, 6) is -1.57. The Morgan fingerprint density at radius 2 is 2.00 bits per heavy atom. The topological polar surface area (TPSA) is 76.4 Å². The van der Waals surface area contributed by atoms with Crippen LogP contribution in [-0.2, 0) is 19.1 Å². The van der Waals surface area contributed by atoms with Crippen molar-refractivity contribution < 1.29 is 23.4 Å². The Kier molecular flexibility index (Phi) is 5.49. The molecule has 4 rings (SSSR count). The maximum atomic E-state index is 15.5. The van der Waals surface area contributed by atoms with Crippen molar-refractivity contribution in [1.29, 1.82) is 0 Å². The van der Waals surface area contributed by atoms with Crippen molar-refractivity contribution >= 4 is 23.2 Å². The predicted octanol–water partition coefficient (Wildman–Crippen LogP) is 5.21. The number of para-hydroxylation sites is 1. The van der Waals surface area contributed by atoms with Crippen LogP contribution in [0.1, 0.15) is 49.4 Å². The number of ether oxygens (including phenoxy) is 1. The van der Waals surface area contributed by atoms with Gasteiger partial charge in [0.25, 0.3) is 5.91 Å². The normalized spacial score (nSPS) is 14.7. The second-order valence-electron chi connectivity index (χ2n) is 9.30. The number of aromatic nitrogens is 2. The molecular formula is C24H24ClF2N3O3. The molecule has 174 valence electrons. The van der Waals surface area contributed by atoms with Crippen LogP contribution in [0, 0.1) is 11.6 Å². The molecule has 0 saturated carbocycles. The highest BCUT2D eigenvalue weighted by molar-refractivity contribution is 6.34. The van der Waals surface area contributed by atoms with E-state index in [0.29, 0.717) is 23.5 Å². The Balaban J connectivity index is 1.84. The van der Waals surface area contributed by atoms with Gasteiger partial charge in [0.15, 0.2) is 0 Å². The highest BCUT2D eigenvalue weighted by Crippen LogP contribution is 2.45. The number of nitrogens with zero attached hydrogens (tertiary/aromatic N) is 2. The lowest BCUT2D eigenvalue weighted by Gasteiger charge is -2.18. The van der Waals surface area contributed by atoms with Crippen LogP contribution in [0.15, 0.2) is 30.5 Å². The van der Waals surface area contributed by atoms with Gasteiger partial charge in [0.1, 0.15) is 34.4 Å². The fourth-order valence-corrected chi connectivity index (χ4v) is 4.32. The third-order valence-corrected chi connectivity index (χ3v) is 5.75. The molecule has 0 aliphatic carbocycles. The van der Waals surface area contributed by atoms with Crippen molar-refractivity contribution in [2.45, 2.75) is 45.3 Å². The minimum Gasteiger partial charge on any atom is -0.486 e. The standard InChI is InChI=1S/C24H24ClF2N3O3/c1-23(2)10-13-18(17-11-30(5)22(28-17)24(3,4)32)16(27)9-12(20(13)33-23)21(31)29-19-14(25)7-6-8-15(19)26/h6-9,11,32H,10H2,1-5H3,(H,29,31). The second kappa shape index (κ2) is 7.81. The van der Waals surface area contributed by atoms with E-state index >= 15 is 4.39 Å². The number of aliphatic hydroxyl groups is 1. The van der Waals surface area contributed by atoms with Crippen LogP contribution >= 0.6 is 11.6 Å². The molecule has 0 unspecified atom stereocenters. The zero-order valence-corrected chi connectivity index (χ0v) is 19.6. The van der Waals surface area contributed by atoms with E-state index in [1.54, 1.807) is 31.7 Å². The Morgan fingerprint density at radius 1 is 1.30 bits per heavy atom. The number of carbonyl (C=O) groups excluding carboxylic acids is 1. The number of halogens is 3. The van der Waals surface area contributed by atoms with E-state index in [1.165, 1.54) is 12.1 Å². The molecular weight excluding hydrogens is 452 g/mol. The maximum absolute atomic E-state index is 15.5. The molecule has 1 aliphatic rings. The van der Waals surface area contributed by atoms with Gasteiger partial charge >= 0.3 is 0 Å². The number of imidazole rings is 1. The van der Waals surface area contributed by atoms with E-state index in [1.807, 2.05) is 13.8 Å². The smallest absolute Gasteiger partial charge is 0.259 e. The molecule has 0 saturated heterocycles. The Hall–Kier alpha value is -2.97. The number of hydrogen-bond acceptors (Lipinski definition) is 4. The van der Waals surface area contributed by atoms with Crippen molar-refractivity contribution in [3.63, 3.8) is 0 Å². The molecule has 1 amide bonds. The molecule has 2 aromatic carbocycles. The number of hydrogen-bond donors (Lipinski definition) is 2. The van der Waals surface area contributed by atoms with Crippen molar-refractivity contribution in [2.24, 2.45) is 7.05 Å². The number of amides is 1. The number of anilines is 1. The zero-order valence-electron chi connectivity index (χ0n) is 18.9. The Morgan fingerprint density at radius 3 is 2.61 bits per heavy atom. The lowest BCUT2D eigenvalue weighted by Crippen LogP contribution is -2.25. The number of nitrogens with one attached hydrogen (secondary N) is 1. The van der Waals surface area contributed by atoms with Crippen LogP contribution < -0.4 is 10.1 Å². The third-order valence-electron chi connectivity index (χ3n) is 5.44. The summed E-state index contributed by atoms with van der Waals surface area (Å²) in [7, 11) is 1.71. The van der Waals surface area contributed by atoms with Gasteiger partial charge in [0.2, 0.25) is 0 Å². The molecule has 2 heterocycles. The molecule has 0 atom stereocenters. The molecule has 0 bridgehead atoms. The minimum atomic E-state index is -1.23. The number of fused-ring (bicyclic) bond motifs is 1. The fraction of sp³-hybridized carbons (Fsp3) is 0.333. The summed E-state index contributed by atoms with van der Waals surface area (Å²) >= 11 is 6.02. The first-order valence-corrected chi connectivity index (χ1v) is 10.7. The molecule has 0 radical (unpaired) electrons. The Bertz CT molecular complexity index is 1260. The third kappa shape index (κ3) is 4.20. The van der Waals surface area contributed by atoms with E-state index in [0.717, 1.165) is 12.1 Å².